The Kier molecular flexibility index (Phi) is 6.81. The summed E-state index contributed by atoms with van der Waals surface area (Å²) in [5.74, 6) is -0.715. The monoisotopic (exact) mass is 348 g/mol. The van der Waals surface area contributed by atoms with Crippen LogP contribution in [0.2, 0.25) is 0 Å². The number of benzene rings is 2. The van der Waals surface area contributed by atoms with Crippen molar-refractivity contribution in [2.75, 3.05) is 5.75 Å². The van der Waals surface area contributed by atoms with E-state index in [1.165, 1.54) is 17.8 Å². The Morgan fingerprint density at radius 2 is 1.71 bits per heavy atom. The van der Waals surface area contributed by atoms with E-state index in [9.17, 15) is 15.0 Å². The molecular formula is C18H20O5S. The summed E-state index contributed by atoms with van der Waals surface area (Å²) < 4.78 is 0. The largest absolute Gasteiger partial charge is 0.478 e. The minimum atomic E-state index is -1.00. The van der Waals surface area contributed by atoms with Gasteiger partial charge >= 0.3 is 5.97 Å². The van der Waals surface area contributed by atoms with Gasteiger partial charge in [-0.2, -0.15) is 0 Å². The fraction of sp³-hybridized carbons (Fsp3) is 0.278. The highest BCUT2D eigenvalue weighted by Gasteiger charge is 2.16. The lowest BCUT2D eigenvalue weighted by atomic mass is 10.0. The summed E-state index contributed by atoms with van der Waals surface area (Å²) in [6.45, 7) is -0.0569. The van der Waals surface area contributed by atoms with E-state index < -0.39 is 18.2 Å². The second-order valence-electron chi connectivity index (χ2n) is 5.42. The summed E-state index contributed by atoms with van der Waals surface area (Å²) in [7, 11) is 0. The molecule has 0 aliphatic heterocycles. The summed E-state index contributed by atoms with van der Waals surface area (Å²) in [5, 5.41) is 38.4. The third-order valence-corrected chi connectivity index (χ3v) is 4.81. The van der Waals surface area contributed by atoms with Crippen molar-refractivity contribution in [1.82, 2.24) is 0 Å². The standard InChI is InChI=1S/C18H20O5S/c19-10-12-5-7-13(8-6-12)16(21)9-14(20)11-24-17-4-2-1-3-15(17)18(22)23/h1-8,14,16,19-21H,9-11H2,(H,22,23). The molecule has 0 radical (unpaired) electrons. The Morgan fingerprint density at radius 3 is 2.33 bits per heavy atom. The molecule has 0 aliphatic rings. The molecular weight excluding hydrogens is 328 g/mol. The van der Waals surface area contributed by atoms with Crippen LogP contribution in [0, 0.1) is 0 Å². The number of aliphatic hydroxyl groups is 3. The number of hydrogen-bond acceptors (Lipinski definition) is 5. The number of aromatic carboxylic acids is 1. The fourth-order valence-electron chi connectivity index (χ4n) is 2.26. The molecule has 0 fully saturated rings. The summed E-state index contributed by atoms with van der Waals surface area (Å²) in [6, 6.07) is 13.5. The molecule has 24 heavy (non-hydrogen) atoms. The van der Waals surface area contributed by atoms with Crippen LogP contribution in [0.25, 0.3) is 0 Å². The Hall–Kier alpha value is -1.86. The molecule has 2 unspecified atom stereocenters. The molecule has 0 heterocycles. The molecule has 128 valence electrons. The Morgan fingerprint density at radius 1 is 1.04 bits per heavy atom. The normalized spacial score (nSPS) is 13.5. The van der Waals surface area contributed by atoms with Crippen molar-refractivity contribution in [3.8, 4) is 0 Å². The van der Waals surface area contributed by atoms with Gasteiger partial charge in [-0.15, -0.1) is 11.8 Å². The van der Waals surface area contributed by atoms with Gasteiger partial charge in [0.2, 0.25) is 0 Å². The number of carboxylic acids is 1. The summed E-state index contributed by atoms with van der Waals surface area (Å²) in [4.78, 5) is 11.7. The van der Waals surface area contributed by atoms with Gasteiger partial charge in [0.25, 0.3) is 0 Å². The molecule has 0 bridgehead atoms. The maximum Gasteiger partial charge on any atom is 0.336 e. The van der Waals surface area contributed by atoms with Crippen molar-refractivity contribution >= 4 is 17.7 Å². The number of carbonyl (C=O) groups is 1. The van der Waals surface area contributed by atoms with Gasteiger partial charge in [0, 0.05) is 17.1 Å². The van der Waals surface area contributed by atoms with E-state index in [1.54, 1.807) is 42.5 Å². The molecule has 2 aromatic carbocycles. The van der Waals surface area contributed by atoms with Gasteiger partial charge in [0.1, 0.15) is 0 Å². The van der Waals surface area contributed by atoms with Crippen molar-refractivity contribution in [2.24, 2.45) is 0 Å². The number of carboxylic acid groups (broad SMARTS) is 1. The van der Waals surface area contributed by atoms with E-state index in [0.717, 1.165) is 5.56 Å². The van der Waals surface area contributed by atoms with Gasteiger partial charge in [-0.3, -0.25) is 0 Å². The van der Waals surface area contributed by atoms with Crippen LogP contribution in [0.5, 0.6) is 0 Å². The first-order chi connectivity index (χ1) is 11.5. The molecule has 0 spiro atoms. The maximum atomic E-state index is 11.1. The van der Waals surface area contributed by atoms with Crippen molar-refractivity contribution in [2.45, 2.75) is 30.1 Å². The molecule has 0 aliphatic carbocycles. The first-order valence-corrected chi connectivity index (χ1v) is 8.50. The molecule has 2 rings (SSSR count). The number of thioether (sulfide) groups is 1. The number of hydrogen-bond donors (Lipinski definition) is 4. The molecule has 2 aromatic rings. The molecule has 6 heteroatoms. The maximum absolute atomic E-state index is 11.1. The van der Waals surface area contributed by atoms with Gasteiger partial charge in [-0.05, 0) is 23.3 Å². The van der Waals surface area contributed by atoms with Crippen LogP contribution < -0.4 is 0 Å². The third-order valence-electron chi connectivity index (χ3n) is 3.59. The predicted molar refractivity (Wildman–Crippen MR) is 92.1 cm³/mol. The molecule has 0 amide bonds. The van der Waals surface area contributed by atoms with E-state index in [4.69, 9.17) is 10.2 Å². The smallest absolute Gasteiger partial charge is 0.336 e. The van der Waals surface area contributed by atoms with Crippen LogP contribution in [0.1, 0.15) is 34.0 Å². The Labute approximate surface area is 144 Å². The Bertz CT molecular complexity index is 671. The van der Waals surface area contributed by atoms with Crippen molar-refractivity contribution in [1.29, 1.82) is 0 Å². The van der Waals surface area contributed by atoms with Gasteiger partial charge in [0.15, 0.2) is 0 Å². The molecule has 0 saturated heterocycles. The van der Waals surface area contributed by atoms with Crippen LogP contribution in [-0.4, -0.2) is 38.3 Å². The summed E-state index contributed by atoms with van der Waals surface area (Å²) in [5.41, 5.74) is 1.63. The Balaban J connectivity index is 1.91. The van der Waals surface area contributed by atoms with E-state index in [2.05, 4.69) is 0 Å². The van der Waals surface area contributed by atoms with Crippen LogP contribution in [0.15, 0.2) is 53.4 Å². The lowest BCUT2D eigenvalue weighted by Crippen LogP contribution is -2.15. The average Bonchev–Trinajstić information content (AvgIpc) is 2.60. The van der Waals surface area contributed by atoms with E-state index in [0.29, 0.717) is 10.5 Å². The quantitative estimate of drug-likeness (QED) is 0.547. The van der Waals surface area contributed by atoms with Crippen molar-refractivity contribution in [3.63, 3.8) is 0 Å². The fourth-order valence-corrected chi connectivity index (χ4v) is 3.26. The molecule has 4 N–H and O–H groups in total. The second-order valence-corrected chi connectivity index (χ2v) is 6.48. The highest BCUT2D eigenvalue weighted by molar-refractivity contribution is 7.99. The summed E-state index contributed by atoms with van der Waals surface area (Å²) >= 11 is 1.25. The van der Waals surface area contributed by atoms with Crippen LogP contribution in [-0.2, 0) is 6.61 Å². The highest BCUT2D eigenvalue weighted by Crippen LogP contribution is 2.26. The number of aliphatic hydroxyl groups excluding tert-OH is 3. The zero-order chi connectivity index (χ0) is 17.5. The van der Waals surface area contributed by atoms with Gasteiger partial charge < -0.3 is 20.4 Å². The topological polar surface area (TPSA) is 98.0 Å². The van der Waals surface area contributed by atoms with Gasteiger partial charge in [-0.1, -0.05) is 36.4 Å². The van der Waals surface area contributed by atoms with Crippen LogP contribution in [0.4, 0.5) is 0 Å². The molecule has 0 aromatic heterocycles. The first-order valence-electron chi connectivity index (χ1n) is 7.52. The first kappa shape index (κ1) is 18.5. The highest BCUT2D eigenvalue weighted by atomic mass is 32.2. The zero-order valence-corrected chi connectivity index (χ0v) is 13.8. The van der Waals surface area contributed by atoms with Crippen molar-refractivity contribution in [3.05, 3.63) is 65.2 Å². The lowest BCUT2D eigenvalue weighted by molar-refractivity contribution is 0.0692. The number of rotatable bonds is 8. The third kappa shape index (κ3) is 5.07. The van der Waals surface area contributed by atoms with E-state index >= 15 is 0 Å². The van der Waals surface area contributed by atoms with E-state index in [-0.39, 0.29) is 24.3 Å². The summed E-state index contributed by atoms with van der Waals surface area (Å²) in [6.07, 6.45) is -1.44. The minimum Gasteiger partial charge on any atom is -0.478 e. The van der Waals surface area contributed by atoms with Crippen LogP contribution >= 0.6 is 11.8 Å². The zero-order valence-electron chi connectivity index (χ0n) is 13.0. The minimum absolute atomic E-state index is 0.0569. The van der Waals surface area contributed by atoms with Crippen molar-refractivity contribution < 1.29 is 25.2 Å². The van der Waals surface area contributed by atoms with Gasteiger partial charge in [0.05, 0.1) is 24.4 Å². The van der Waals surface area contributed by atoms with E-state index in [1.807, 2.05) is 0 Å². The second kappa shape index (κ2) is 8.84. The van der Waals surface area contributed by atoms with Crippen LogP contribution in [0.3, 0.4) is 0 Å². The lowest BCUT2D eigenvalue weighted by Gasteiger charge is -2.16. The average molecular weight is 348 g/mol. The predicted octanol–water partition coefficient (Wildman–Crippen LogP) is 2.45. The molecule has 0 saturated carbocycles. The SMILES string of the molecule is O=C(O)c1ccccc1SCC(O)CC(O)c1ccc(CO)cc1. The molecule has 5 nitrogen and oxygen atoms in total. The molecule has 2 atom stereocenters. The van der Waals surface area contributed by atoms with Gasteiger partial charge in [-0.25, -0.2) is 4.79 Å².